The lowest BCUT2D eigenvalue weighted by molar-refractivity contribution is -0.698. The van der Waals surface area contributed by atoms with Crippen molar-refractivity contribution in [1.82, 2.24) is 0 Å². The molecule has 0 atom stereocenters. The largest absolute Gasteiger partial charge is 0.363 e. The van der Waals surface area contributed by atoms with E-state index in [2.05, 4.69) is 17.9 Å². The molecule has 0 bridgehead atoms. The average Bonchev–Trinajstić information content (AvgIpc) is 2.69. The van der Waals surface area contributed by atoms with Crippen LogP contribution in [0.4, 0.5) is 5.69 Å². The molecule has 1 aromatic heterocycles. The fourth-order valence-corrected chi connectivity index (χ4v) is 5.04. The second kappa shape index (κ2) is 5.10. The molecule has 0 unspecified atom stereocenters. The summed E-state index contributed by atoms with van der Waals surface area (Å²) >= 11 is 4.08. The minimum atomic E-state index is -5.09. The van der Waals surface area contributed by atoms with Crippen LogP contribution in [-0.2, 0) is 22.1 Å². The van der Waals surface area contributed by atoms with Crippen LogP contribution in [0.1, 0.15) is 5.69 Å². The minimum Gasteiger partial charge on any atom is -0.354 e. The Morgan fingerprint density at radius 1 is 1.30 bits per heavy atom. The second-order valence-corrected chi connectivity index (χ2v) is 9.00. The van der Waals surface area contributed by atoms with Crippen molar-refractivity contribution in [3.63, 3.8) is 0 Å². The minimum absolute atomic E-state index is 0.306. The predicted molar refractivity (Wildman–Crippen MR) is 74.6 cm³/mol. The number of hydrogen-bond acceptors (Lipinski definition) is 4. The predicted octanol–water partition coefficient (Wildman–Crippen LogP) is -0.119. The summed E-state index contributed by atoms with van der Waals surface area (Å²) < 4.78 is 25.0. The van der Waals surface area contributed by atoms with E-state index < -0.39 is 26.6 Å². The number of anilines is 1. The van der Waals surface area contributed by atoms with Gasteiger partial charge in [-0.25, -0.2) is 0 Å². The molecule has 0 spiro atoms. The summed E-state index contributed by atoms with van der Waals surface area (Å²) in [6.07, 6.45) is 1.22. The molecule has 0 amide bonds. The first kappa shape index (κ1) is 16.0. The van der Waals surface area contributed by atoms with E-state index in [-0.39, 0.29) is 0 Å². The number of pyridine rings is 1. The molecule has 1 aliphatic rings. The van der Waals surface area contributed by atoms with Crippen LogP contribution in [-0.4, -0.2) is 30.3 Å². The highest BCUT2D eigenvalue weighted by Gasteiger charge is 2.65. The third-order valence-corrected chi connectivity index (χ3v) is 7.47. The van der Waals surface area contributed by atoms with E-state index in [0.717, 1.165) is 0 Å². The van der Waals surface area contributed by atoms with E-state index in [1.165, 1.54) is 6.07 Å². The molecule has 0 fully saturated rings. The normalized spacial score (nSPS) is 17.6. The van der Waals surface area contributed by atoms with E-state index in [4.69, 9.17) is 0 Å². The average molecular weight is 341 g/mol. The topological polar surface area (TPSA) is 131 Å². The molecule has 0 saturated carbocycles. The lowest BCUT2D eigenvalue weighted by atomic mass is 10.2. The van der Waals surface area contributed by atoms with Crippen LogP contribution >= 0.6 is 27.8 Å². The molecule has 20 heavy (non-hydrogen) atoms. The molecule has 0 aliphatic carbocycles. The zero-order valence-corrected chi connectivity index (χ0v) is 12.9. The van der Waals surface area contributed by atoms with Gasteiger partial charge >= 0.3 is 15.2 Å². The van der Waals surface area contributed by atoms with Crippen LogP contribution in [0.25, 0.3) is 0 Å². The summed E-state index contributed by atoms with van der Waals surface area (Å²) in [6, 6.07) is 3.15. The van der Waals surface area contributed by atoms with E-state index in [9.17, 15) is 28.7 Å². The zero-order valence-electron chi connectivity index (χ0n) is 10.2. The van der Waals surface area contributed by atoms with E-state index in [1.54, 1.807) is 16.8 Å². The van der Waals surface area contributed by atoms with Gasteiger partial charge in [0, 0.05) is 11.8 Å². The molecule has 11 heteroatoms. The van der Waals surface area contributed by atoms with Gasteiger partial charge in [-0.1, -0.05) is 0 Å². The fourth-order valence-electron chi connectivity index (χ4n) is 2.23. The van der Waals surface area contributed by atoms with Crippen LogP contribution in [0.15, 0.2) is 18.3 Å². The van der Waals surface area contributed by atoms with Crippen molar-refractivity contribution in [1.29, 1.82) is 0 Å². The molecule has 112 valence electrons. The van der Waals surface area contributed by atoms with Gasteiger partial charge in [0.05, 0.1) is 6.42 Å². The van der Waals surface area contributed by atoms with Crippen LogP contribution < -0.4 is 9.88 Å². The van der Waals surface area contributed by atoms with Crippen molar-refractivity contribution in [2.24, 2.45) is 0 Å². The van der Waals surface area contributed by atoms with Gasteiger partial charge < -0.3 is 24.9 Å². The smallest absolute Gasteiger partial charge is 0.354 e. The monoisotopic (exact) mass is 341 g/mol. The second-order valence-electron chi connectivity index (χ2n) is 4.49. The third kappa shape index (κ3) is 2.44. The van der Waals surface area contributed by atoms with Gasteiger partial charge in [0.25, 0.3) is 5.02 Å². The number of nitrogens with one attached hydrogen (secondary N) is 1. The maximum absolute atomic E-state index is 11.7. The molecule has 8 nitrogen and oxygen atoms in total. The Kier molecular flexibility index (Phi) is 4.08. The summed E-state index contributed by atoms with van der Waals surface area (Å²) in [6.45, 7) is 0.465. The van der Waals surface area contributed by atoms with Crippen LogP contribution in [0, 0.1) is 0 Å². The fraction of sp³-hybridized carbons (Fsp3) is 0.444. The number of rotatable bonds is 4. The number of aromatic nitrogens is 1. The molecule has 1 aromatic rings. The van der Waals surface area contributed by atoms with Gasteiger partial charge in [-0.05, 0) is 6.07 Å². The first-order valence-electron chi connectivity index (χ1n) is 5.64. The van der Waals surface area contributed by atoms with Crippen molar-refractivity contribution in [3.05, 3.63) is 24.0 Å². The Labute approximate surface area is 120 Å². The maximum Gasteiger partial charge on any atom is 0.363 e. The number of thiol groups is 1. The Bertz CT molecular complexity index is 605. The van der Waals surface area contributed by atoms with Gasteiger partial charge in [-0.3, -0.25) is 9.13 Å². The van der Waals surface area contributed by atoms with Crippen molar-refractivity contribution in [3.8, 4) is 0 Å². The van der Waals surface area contributed by atoms with Gasteiger partial charge in [0.1, 0.15) is 5.69 Å². The van der Waals surface area contributed by atoms with E-state index in [0.29, 0.717) is 23.7 Å². The molecule has 5 N–H and O–H groups in total. The lowest BCUT2D eigenvalue weighted by Crippen LogP contribution is -2.41. The number of aryl methyl sites for hydroxylation is 1. The van der Waals surface area contributed by atoms with Crippen molar-refractivity contribution in [2.45, 2.75) is 18.0 Å². The third-order valence-electron chi connectivity index (χ3n) is 3.24. The SMILES string of the molecule is O=P(O)(O)C1(P(=O)(O)O)Cc2c(ccc[n+]2CCS)N1. The molecule has 2 rings (SSSR count). The summed E-state index contributed by atoms with van der Waals surface area (Å²) in [5.74, 6) is 0.486. The summed E-state index contributed by atoms with van der Waals surface area (Å²) in [7, 11) is -10.2. The standard InChI is InChI=1S/C9H14N2O6P2S/c12-18(13,14)9(19(15,16)17)6-8-7(10-9)2-1-3-11(8)4-5-20/h1-3,10H,4-6H2,(H4-,12,13,14,15,16,17,20)/p+1. The summed E-state index contributed by atoms with van der Waals surface area (Å²) in [5.41, 5.74) is 0.745. The van der Waals surface area contributed by atoms with Gasteiger partial charge in [0.2, 0.25) is 5.69 Å². The van der Waals surface area contributed by atoms with Crippen LogP contribution in [0.3, 0.4) is 0 Å². The zero-order chi connectivity index (χ0) is 15.2. The molecule has 0 aromatic carbocycles. The Morgan fingerprint density at radius 2 is 1.90 bits per heavy atom. The van der Waals surface area contributed by atoms with E-state index in [1.807, 2.05) is 0 Å². The molecular weight excluding hydrogens is 326 g/mol. The Morgan fingerprint density at radius 3 is 2.40 bits per heavy atom. The summed E-state index contributed by atoms with van der Waals surface area (Å²) in [4.78, 5) is 37.7. The lowest BCUT2D eigenvalue weighted by Gasteiger charge is -2.30. The molecule has 0 radical (unpaired) electrons. The maximum atomic E-state index is 11.7. The number of fused-ring (bicyclic) bond motifs is 1. The number of hydrogen-bond donors (Lipinski definition) is 6. The highest BCUT2D eigenvalue weighted by molar-refractivity contribution is 7.80. The summed E-state index contributed by atoms with van der Waals surface area (Å²) in [5, 5.41) is -0.241. The number of nitrogens with zero attached hydrogens (tertiary/aromatic N) is 1. The van der Waals surface area contributed by atoms with E-state index >= 15 is 0 Å². The Hall–Kier alpha value is -0.400. The van der Waals surface area contributed by atoms with Crippen molar-refractivity contribution >= 4 is 33.5 Å². The molecular formula is C9H15N2O6P2S+. The van der Waals surface area contributed by atoms with Gasteiger partial charge in [-0.2, -0.15) is 17.2 Å². The van der Waals surface area contributed by atoms with Gasteiger partial charge in [-0.15, -0.1) is 0 Å². The first-order valence-corrected chi connectivity index (χ1v) is 9.50. The quantitative estimate of drug-likeness (QED) is 0.256. The van der Waals surface area contributed by atoms with Gasteiger partial charge in [0.15, 0.2) is 12.7 Å². The van der Waals surface area contributed by atoms with Crippen LogP contribution in [0.2, 0.25) is 0 Å². The van der Waals surface area contributed by atoms with Crippen molar-refractivity contribution in [2.75, 3.05) is 11.1 Å². The van der Waals surface area contributed by atoms with Crippen molar-refractivity contribution < 1.29 is 33.3 Å². The Balaban J connectivity index is 2.57. The highest BCUT2D eigenvalue weighted by atomic mass is 32.1. The highest BCUT2D eigenvalue weighted by Crippen LogP contribution is 2.71. The molecule has 0 saturated heterocycles. The molecule has 2 heterocycles. The van der Waals surface area contributed by atoms with Crippen LogP contribution in [0.5, 0.6) is 0 Å². The first-order chi connectivity index (χ1) is 9.12. The molecule has 1 aliphatic heterocycles.